The van der Waals surface area contributed by atoms with Gasteiger partial charge in [-0.2, -0.15) is 11.8 Å². The van der Waals surface area contributed by atoms with Crippen LogP contribution in [0, 0.1) is 11.8 Å². The molecule has 0 saturated carbocycles. The number of hydrogen-bond donors (Lipinski definition) is 27. The highest BCUT2D eigenvalue weighted by Gasteiger charge is 2.40. The summed E-state index contributed by atoms with van der Waals surface area (Å²) in [5.74, 6) is -31.9. The van der Waals surface area contributed by atoms with E-state index in [0.29, 0.717) is 0 Å². The highest BCUT2D eigenvalue weighted by Crippen LogP contribution is 2.14. The van der Waals surface area contributed by atoms with E-state index in [1.807, 2.05) is 16.0 Å². The summed E-state index contributed by atoms with van der Waals surface area (Å²) >= 11 is 1.10. The molecule has 15 atom stereocenters. The smallest absolute Gasteiger partial charge is 0.322 e. The number of aliphatic carboxylic acids is 4. The normalized spacial score (nSPS) is 14.9. The Kier molecular flexibility index (Phi) is 47.6. The topological polar surface area (TPSA) is 859 Å². The summed E-state index contributed by atoms with van der Waals surface area (Å²) < 4.78 is 0. The molecule has 0 saturated heterocycles. The molecule has 652 valence electrons. The largest absolute Gasteiger partial charge is 0.481 e. The number of carboxylic acid groups (broad SMARTS) is 4. The lowest BCUT2D eigenvalue weighted by molar-refractivity contribution is -0.142. The molecule has 116 heavy (non-hydrogen) atoms. The highest BCUT2D eigenvalue weighted by molar-refractivity contribution is 7.98. The molecule has 50 nitrogen and oxygen atoms in total. The minimum Gasteiger partial charge on any atom is -0.481 e. The van der Waals surface area contributed by atoms with Crippen molar-refractivity contribution in [2.75, 3.05) is 31.8 Å². The van der Waals surface area contributed by atoms with E-state index >= 15 is 0 Å². The van der Waals surface area contributed by atoms with Gasteiger partial charge in [-0.25, -0.2) is 0 Å². The Labute approximate surface area is 665 Å². The number of amides is 19. The van der Waals surface area contributed by atoms with Gasteiger partial charge in [-0.3, -0.25) is 110 Å². The first-order valence-electron chi connectivity index (χ1n) is 35.6. The number of aliphatic hydroxyl groups excluding tert-OH is 3. The van der Waals surface area contributed by atoms with Crippen LogP contribution in [0.3, 0.4) is 0 Å². The van der Waals surface area contributed by atoms with Crippen molar-refractivity contribution >= 4 is 148 Å². The van der Waals surface area contributed by atoms with Gasteiger partial charge in [0.25, 0.3) is 0 Å². The van der Waals surface area contributed by atoms with Crippen molar-refractivity contribution in [2.45, 2.75) is 222 Å². The number of nitrogens with two attached hydrogens (primary N) is 6. The van der Waals surface area contributed by atoms with Crippen molar-refractivity contribution in [3.8, 4) is 0 Å². The lowest BCUT2D eigenvalue weighted by Crippen LogP contribution is -2.62. The third kappa shape index (κ3) is 41.7. The molecule has 0 aliphatic carbocycles. The van der Waals surface area contributed by atoms with Crippen LogP contribution >= 0.6 is 11.8 Å². The molecule has 0 aliphatic rings. The fraction of sp³-hybridized carbons (Fsp3) is 0.646. The Morgan fingerprint density at radius 1 is 0.310 bits per heavy atom. The molecule has 19 amide bonds. The molecule has 0 fully saturated rings. The van der Waals surface area contributed by atoms with E-state index in [9.17, 15) is 141 Å². The first-order valence-corrected chi connectivity index (χ1v) is 37.0. The second kappa shape index (κ2) is 53.1. The second-order valence-electron chi connectivity index (χ2n) is 26.9. The first-order chi connectivity index (χ1) is 54.0. The van der Waals surface area contributed by atoms with Crippen LogP contribution in [0.25, 0.3) is 0 Å². The zero-order chi connectivity index (χ0) is 89.1. The third-order valence-electron chi connectivity index (χ3n) is 16.2. The second-order valence-corrected chi connectivity index (χ2v) is 27.9. The Morgan fingerprint density at radius 2 is 0.603 bits per heavy atom. The van der Waals surface area contributed by atoms with Gasteiger partial charge >= 0.3 is 23.9 Å². The number of carboxylic acids is 4. The fourth-order valence-corrected chi connectivity index (χ4v) is 10.6. The predicted molar refractivity (Wildman–Crippen MR) is 396 cm³/mol. The number of primary amides is 5. The van der Waals surface area contributed by atoms with Gasteiger partial charge in [-0.15, -0.1) is 0 Å². The van der Waals surface area contributed by atoms with Crippen LogP contribution in [0.5, 0.6) is 0 Å². The lowest BCUT2D eigenvalue weighted by atomic mass is 10.0. The van der Waals surface area contributed by atoms with E-state index in [0.717, 1.165) is 18.7 Å². The van der Waals surface area contributed by atoms with Gasteiger partial charge in [0.15, 0.2) is 0 Å². The summed E-state index contributed by atoms with van der Waals surface area (Å²) in [6.45, 7) is 3.38. The monoisotopic (exact) mass is 1680 g/mol. The molecular weight excluding hydrogens is 1570 g/mol. The fourth-order valence-electron chi connectivity index (χ4n) is 10.1. The van der Waals surface area contributed by atoms with Crippen molar-refractivity contribution in [1.82, 2.24) is 74.4 Å². The van der Waals surface area contributed by atoms with Gasteiger partial charge < -0.3 is 145 Å². The predicted octanol–water partition coefficient (Wildman–Crippen LogP) is -13.6. The maximum atomic E-state index is 14.4. The molecule has 51 heteroatoms. The van der Waals surface area contributed by atoms with Crippen LogP contribution in [0.15, 0.2) is 0 Å². The number of thioether (sulfide) groups is 1. The van der Waals surface area contributed by atoms with Crippen LogP contribution in [-0.4, -0.2) is 294 Å². The summed E-state index contributed by atoms with van der Waals surface area (Å²) in [4.78, 5) is 299. The van der Waals surface area contributed by atoms with Crippen LogP contribution in [0.1, 0.15) is 131 Å². The standard InChI is InChI=1S/C65H106N20O30S/c1-26(2)19-35(78-56(106)33(11-16-47(96)97)76-60(110)36(20-44(70)92)79-61(111)38(22-48(98)99)81-63(113)40(25-87)83-64(114)50(27(3)4)84-65(115)51(28(5)88)85-52(102)29(66)7-12-41(67)89)58(108)75-31(9-14-43(69)91)54(104)74-32(10-15-46(94)95)55(105)77-34(17-18-116-6)57(107)82-39(24-86)62(112)80-37(21-45(71)93)59(109)73-30(8-13-42(68)90)53(103)72-23-49(100)101/h26-40,50-51,86-88H,7-25,66H2,1-6H3,(H2,67,89)(H2,68,90)(H2,69,91)(H2,70,92)(H2,71,93)(H,72,103)(H,73,109)(H,74,104)(H,75,108)(H,76,110)(H,77,105)(H,78,106)(H,79,111)(H,80,112)(H,81,113)(H,82,107)(H,83,114)(H,84,115)(H,85,102)(H,94,95)(H,96,97)(H,98,99)(H,100,101)/t28-,29+,30+,31+,32+,33+,34+,35+,36+,37+,38+,39+,40+,50+,51+/m1/s1. The van der Waals surface area contributed by atoms with Crippen molar-refractivity contribution in [3.63, 3.8) is 0 Å². The van der Waals surface area contributed by atoms with Gasteiger partial charge in [0.1, 0.15) is 85.1 Å². The molecule has 0 radical (unpaired) electrons. The van der Waals surface area contributed by atoms with E-state index in [-0.39, 0.29) is 31.4 Å². The number of carbonyl (C=O) groups excluding carboxylic acids is 19. The Bertz CT molecular complexity index is 3550. The van der Waals surface area contributed by atoms with Crippen LogP contribution in [-0.2, 0) is 110 Å². The van der Waals surface area contributed by atoms with Crippen molar-refractivity contribution < 1.29 is 146 Å². The average molecular weight is 1680 g/mol. The van der Waals surface area contributed by atoms with Crippen molar-refractivity contribution in [1.29, 1.82) is 0 Å². The maximum absolute atomic E-state index is 14.4. The van der Waals surface area contributed by atoms with Gasteiger partial charge in [-0.1, -0.05) is 27.7 Å². The van der Waals surface area contributed by atoms with E-state index < -0.39 is 329 Å². The molecule has 0 unspecified atom stereocenters. The van der Waals surface area contributed by atoms with E-state index in [2.05, 4.69) is 58.5 Å². The number of aliphatic hydroxyl groups is 3. The summed E-state index contributed by atoms with van der Waals surface area (Å²) in [6.07, 6.45) is -10.9. The summed E-state index contributed by atoms with van der Waals surface area (Å²) in [5.41, 5.74) is 32.1. The molecule has 0 aromatic heterocycles. The number of rotatable bonds is 59. The van der Waals surface area contributed by atoms with E-state index in [1.165, 1.54) is 27.7 Å². The minimum absolute atomic E-state index is 0.0334. The molecule has 0 aliphatic heterocycles. The molecule has 0 rings (SSSR count). The van der Waals surface area contributed by atoms with Gasteiger partial charge in [0.05, 0.1) is 44.6 Å². The maximum Gasteiger partial charge on any atom is 0.322 e. The molecule has 0 heterocycles. The Hall–Kier alpha value is -12.0. The Morgan fingerprint density at radius 3 is 0.931 bits per heavy atom. The van der Waals surface area contributed by atoms with Gasteiger partial charge in [0, 0.05) is 32.1 Å². The summed E-state index contributed by atoms with van der Waals surface area (Å²) in [5, 5.41) is 99.0. The molecule has 0 aromatic rings. The third-order valence-corrected chi connectivity index (χ3v) is 16.9. The molecule has 33 N–H and O–H groups in total. The van der Waals surface area contributed by atoms with Gasteiger partial charge in [0.2, 0.25) is 112 Å². The zero-order valence-electron chi connectivity index (χ0n) is 64.1. The molecule has 0 aromatic carbocycles. The number of hydrogen-bond acceptors (Lipinski definition) is 28. The average Bonchev–Trinajstić information content (AvgIpc) is 0.858. The van der Waals surface area contributed by atoms with Crippen LogP contribution < -0.4 is 109 Å². The van der Waals surface area contributed by atoms with Gasteiger partial charge in [-0.05, 0) is 75.7 Å². The molecule has 0 spiro atoms. The van der Waals surface area contributed by atoms with E-state index in [1.54, 1.807) is 6.26 Å². The summed E-state index contributed by atoms with van der Waals surface area (Å²) in [7, 11) is 0. The SMILES string of the molecule is CSCC[C@H](NC(=O)[C@H](CCC(=O)O)NC(=O)[C@H](CCC(N)=O)NC(=O)[C@H](CC(C)C)NC(=O)[C@H](CCC(=O)O)NC(=O)[C@H](CC(N)=O)NC(=O)[C@H](CC(=O)O)NC(=O)[C@H](CO)NC(=O)[C@@H](NC(=O)[C@@H](NC(=O)[C@@H](N)CCC(N)=O)[C@@H](C)O)C(C)C)C(=O)N[C@@H](CO)C(=O)N[C@@H](CC(N)=O)C(=O)N[C@@H](CCC(N)=O)C(=O)NCC(=O)O. The highest BCUT2D eigenvalue weighted by atomic mass is 32.2. The quantitative estimate of drug-likeness (QED) is 0.0269. The van der Waals surface area contributed by atoms with Crippen molar-refractivity contribution in [3.05, 3.63) is 0 Å². The van der Waals surface area contributed by atoms with Crippen molar-refractivity contribution in [2.24, 2.45) is 46.2 Å². The minimum atomic E-state index is -2.28. The summed E-state index contributed by atoms with van der Waals surface area (Å²) in [6, 6.07) is -26.7. The zero-order valence-corrected chi connectivity index (χ0v) is 65.0. The van der Waals surface area contributed by atoms with E-state index in [4.69, 9.17) is 39.5 Å². The van der Waals surface area contributed by atoms with Crippen LogP contribution in [0.4, 0.5) is 0 Å². The molecule has 0 bridgehead atoms. The molecular formula is C65H106N20O30S. The van der Waals surface area contributed by atoms with Crippen LogP contribution in [0.2, 0.25) is 0 Å². The number of nitrogens with one attached hydrogen (secondary N) is 14. The first kappa shape index (κ1) is 104. The lowest BCUT2D eigenvalue weighted by Gasteiger charge is -2.29. The Balaban J connectivity index is 7.17. The number of carbonyl (C=O) groups is 23.